The number of hydrogen-bond donors (Lipinski definition) is 6. The van der Waals surface area contributed by atoms with Crippen LogP contribution in [-0.4, -0.2) is 70.9 Å². The van der Waals surface area contributed by atoms with E-state index < -0.39 is 32.9 Å². The highest BCUT2D eigenvalue weighted by molar-refractivity contribution is 7.95. The monoisotopic (exact) mass is 835 g/mol. The lowest BCUT2D eigenvalue weighted by molar-refractivity contribution is -0.568. The topological polar surface area (TPSA) is 243 Å². The van der Waals surface area contributed by atoms with Crippen molar-refractivity contribution < 1.29 is 52.0 Å². The summed E-state index contributed by atoms with van der Waals surface area (Å²) in [4.78, 5) is 29.0. The number of aromatic carboxylic acids is 1. The Morgan fingerprint density at radius 3 is 2.41 bits per heavy atom. The van der Waals surface area contributed by atoms with Gasteiger partial charge in [-0.1, -0.05) is 47.3 Å². The first kappa shape index (κ1) is 43.9. The van der Waals surface area contributed by atoms with E-state index in [1.165, 1.54) is 13.0 Å². The first-order chi connectivity index (χ1) is 27.4. The molecule has 0 bridgehead atoms. The van der Waals surface area contributed by atoms with Gasteiger partial charge in [-0.25, -0.2) is 15.0 Å². The van der Waals surface area contributed by atoms with E-state index in [2.05, 4.69) is 35.0 Å². The molecule has 0 aromatic heterocycles. The average Bonchev–Trinajstić information content (AvgIpc) is 3.12. The average molecular weight is 836 g/mol. The molecule has 3 aliphatic rings. The van der Waals surface area contributed by atoms with Gasteiger partial charge in [-0.3, -0.25) is 9.35 Å². The van der Waals surface area contributed by atoms with Gasteiger partial charge in [0.15, 0.2) is 5.54 Å². The van der Waals surface area contributed by atoms with E-state index in [1.54, 1.807) is 36.4 Å². The van der Waals surface area contributed by atoms with Crippen molar-refractivity contribution >= 4 is 56.4 Å². The normalized spacial score (nSPS) is 15.4. The number of hydrogen-bond acceptors (Lipinski definition) is 11. The van der Waals surface area contributed by atoms with Crippen LogP contribution in [0.5, 0.6) is 11.5 Å². The molecule has 3 heterocycles. The summed E-state index contributed by atoms with van der Waals surface area (Å²) in [5, 5.41) is 33.5. The van der Waals surface area contributed by atoms with E-state index in [0.717, 1.165) is 61.1 Å². The molecule has 6 rings (SSSR count). The zero-order chi connectivity index (χ0) is 42.3. The van der Waals surface area contributed by atoms with Gasteiger partial charge in [-0.15, -0.1) is 4.33 Å². The number of carbonyl (C=O) groups is 2. The fraction of sp³-hybridized carbons (Fsp3) is 0.375. The van der Waals surface area contributed by atoms with Gasteiger partial charge in [0.1, 0.15) is 17.3 Å². The Kier molecular flexibility index (Phi) is 14.1. The lowest BCUT2D eigenvalue weighted by Crippen LogP contribution is -2.89. The molecule has 18 heteroatoms. The number of nitrogens with zero attached hydrogens (tertiary/aromatic N) is 3. The molecule has 0 fully saturated rings. The van der Waals surface area contributed by atoms with Crippen LogP contribution in [0, 0.1) is 0 Å². The number of carbonyl (C=O) groups excluding carboxylic acids is 1. The molecule has 0 spiro atoms. The molecular formula is C40H47N6O10S2+. The van der Waals surface area contributed by atoms with Crippen LogP contribution in [0.15, 0.2) is 65.8 Å². The Labute approximate surface area is 340 Å². The number of anilines is 1. The van der Waals surface area contributed by atoms with Gasteiger partial charge in [0, 0.05) is 90.2 Å². The number of benzene rings is 3. The molecule has 0 unspecified atom stereocenters. The van der Waals surface area contributed by atoms with Crippen molar-refractivity contribution in [3.05, 3.63) is 110 Å². The number of azide groups is 1. The largest absolute Gasteiger partial charge is 0.478 e. The van der Waals surface area contributed by atoms with Crippen LogP contribution in [0.4, 0.5) is 5.69 Å². The van der Waals surface area contributed by atoms with E-state index in [-0.39, 0.29) is 11.5 Å². The van der Waals surface area contributed by atoms with Crippen molar-refractivity contribution in [2.45, 2.75) is 71.4 Å². The van der Waals surface area contributed by atoms with Crippen molar-refractivity contribution in [2.75, 3.05) is 29.9 Å². The third-order valence-corrected chi connectivity index (χ3v) is 10.6. The maximum absolute atomic E-state index is 12.5. The first-order valence-electron chi connectivity index (χ1n) is 18.5. The molecule has 0 aliphatic carbocycles. The number of carboxylic acid groups (broad SMARTS) is 1. The summed E-state index contributed by atoms with van der Waals surface area (Å²) in [6.45, 7) is 10.6. The van der Waals surface area contributed by atoms with Crippen LogP contribution in [-0.2, 0) is 24.3 Å². The number of carboxylic acids is 1. The smallest absolute Gasteiger partial charge is 0.336 e. The minimum absolute atomic E-state index is 0.0223. The number of ether oxygens (including phenoxy) is 1. The molecule has 0 radical (unpaired) electrons. The van der Waals surface area contributed by atoms with Crippen LogP contribution in [0.25, 0.3) is 27.2 Å². The molecule has 3 aliphatic heterocycles. The summed E-state index contributed by atoms with van der Waals surface area (Å²) < 4.78 is 45.1. The van der Waals surface area contributed by atoms with Crippen LogP contribution in [0.3, 0.4) is 0 Å². The van der Waals surface area contributed by atoms with E-state index >= 15 is 0 Å². The van der Waals surface area contributed by atoms with Crippen LogP contribution >= 0.6 is 12.0 Å². The van der Waals surface area contributed by atoms with Crippen molar-refractivity contribution in [2.24, 2.45) is 5.11 Å². The summed E-state index contributed by atoms with van der Waals surface area (Å²) >= 11 is 0.907. The number of unbranched alkanes of at least 4 members (excludes halogenated alkanes) is 3. The van der Waals surface area contributed by atoms with E-state index in [1.807, 2.05) is 45.9 Å². The maximum Gasteiger partial charge on any atom is 0.336 e. The lowest BCUT2D eigenvalue weighted by Gasteiger charge is -2.34. The molecule has 3 aromatic rings. The Balaban J connectivity index is 0.000000425. The maximum atomic E-state index is 12.5. The highest BCUT2D eigenvalue weighted by Crippen LogP contribution is 2.45. The molecule has 58 heavy (non-hydrogen) atoms. The predicted octanol–water partition coefficient (Wildman–Crippen LogP) is 5.15. The molecule has 16 nitrogen and oxygen atoms in total. The van der Waals surface area contributed by atoms with Gasteiger partial charge in [0.2, 0.25) is 11.3 Å². The van der Waals surface area contributed by atoms with Gasteiger partial charge in [-0.05, 0) is 73.2 Å². The minimum atomic E-state index is -4.37. The Morgan fingerprint density at radius 1 is 0.983 bits per heavy atom. The van der Waals surface area contributed by atoms with E-state index in [4.69, 9.17) is 15.5 Å². The second-order valence-corrected chi connectivity index (χ2v) is 17.2. The summed E-state index contributed by atoms with van der Waals surface area (Å²) in [6.07, 6.45) is 7.85. The van der Waals surface area contributed by atoms with Crippen LogP contribution in [0.1, 0.15) is 92.9 Å². The highest BCUT2D eigenvalue weighted by atomic mass is 32.2. The third kappa shape index (κ3) is 11.3. The standard InChI is InChI=1S/C32H30N2O9S2.C8H16N4O/c1-31(2)13-17(15-44-43-42-37)21-9-23-27(11-25(21)33-31)41-28-12-26-22(18(16-45(38,39)40)14-32(3,4)34-26)10-24(28)29(23)19-7-5-6-8-20(19)30(35)36;1-8(13)10-6-4-2-3-5-7-11-12-9/h5-14,33,37H,15-16H2,1-4H3,(H,35,36)(H,38,39,40);2-7H2,1H3,(H,10,13)/p+1. The summed E-state index contributed by atoms with van der Waals surface area (Å²) in [5.74, 6) is -0.415. The Bertz CT molecular complexity index is 2440. The summed E-state index contributed by atoms with van der Waals surface area (Å²) in [5.41, 5.74) is 12.1. The number of nitrogens with one attached hydrogen (secondary N) is 3. The van der Waals surface area contributed by atoms with E-state index in [9.17, 15) is 27.7 Å². The molecule has 0 saturated carbocycles. The van der Waals surface area contributed by atoms with Crippen molar-refractivity contribution in [3.63, 3.8) is 0 Å². The molecule has 0 atom stereocenters. The molecule has 6 N–H and O–H groups in total. The summed E-state index contributed by atoms with van der Waals surface area (Å²) in [7, 11) is -4.37. The Hall–Kier alpha value is -5.20. The summed E-state index contributed by atoms with van der Waals surface area (Å²) in [6, 6.07) is 14.0. The minimum Gasteiger partial charge on any atom is -0.478 e. The molecule has 308 valence electrons. The SMILES string of the molecule is CC(=O)NCCCCCCN=[N+]=[N-].CC1(C)C=C(CSOOO)c2cc3c(cc2N1)Oc1cc2c(cc1=C3c1ccccc1C(=O)O)C(CS(=O)(=O)O)=CC(C)(C)[NH+]=2. The van der Waals surface area contributed by atoms with Gasteiger partial charge < -0.3 is 20.5 Å². The second kappa shape index (κ2) is 18.6. The fourth-order valence-electron chi connectivity index (χ4n) is 7.21. The zero-order valence-corrected chi connectivity index (χ0v) is 34.4. The fourth-order valence-corrected chi connectivity index (χ4v) is 8.30. The molecule has 3 aromatic carbocycles. The molecular weight excluding hydrogens is 789 g/mol. The number of fused-ring (bicyclic) bond motifs is 4. The van der Waals surface area contributed by atoms with Crippen molar-refractivity contribution in [3.8, 4) is 11.5 Å². The predicted molar refractivity (Wildman–Crippen MR) is 220 cm³/mol. The van der Waals surface area contributed by atoms with Gasteiger partial charge in [0.25, 0.3) is 10.1 Å². The highest BCUT2D eigenvalue weighted by Gasteiger charge is 2.33. The molecule has 1 amide bonds. The lowest BCUT2D eigenvalue weighted by atomic mass is 9.84. The van der Waals surface area contributed by atoms with Gasteiger partial charge >= 0.3 is 5.97 Å². The van der Waals surface area contributed by atoms with Crippen LogP contribution in [0.2, 0.25) is 0 Å². The quantitative estimate of drug-likeness (QED) is 0.0133. The third-order valence-electron chi connectivity index (χ3n) is 9.35. The van der Waals surface area contributed by atoms with E-state index in [0.29, 0.717) is 62.2 Å². The van der Waals surface area contributed by atoms with Gasteiger partial charge in [-0.2, -0.15) is 8.42 Å². The second-order valence-electron chi connectivity index (χ2n) is 15.1. The number of amides is 1. The number of rotatable bonds is 15. The zero-order valence-electron chi connectivity index (χ0n) is 32.8. The molecule has 0 saturated heterocycles. The Morgan fingerprint density at radius 2 is 1.72 bits per heavy atom. The van der Waals surface area contributed by atoms with Gasteiger partial charge in [0.05, 0.1) is 22.7 Å². The van der Waals surface area contributed by atoms with Crippen molar-refractivity contribution in [1.82, 2.24) is 5.32 Å². The van der Waals surface area contributed by atoms with Crippen LogP contribution < -0.4 is 30.9 Å². The van der Waals surface area contributed by atoms with Crippen molar-refractivity contribution in [1.29, 1.82) is 0 Å². The first-order valence-corrected chi connectivity index (χ1v) is 21.0.